The first-order chi connectivity index (χ1) is 39.8. The van der Waals surface area contributed by atoms with Crippen molar-refractivity contribution in [1.29, 1.82) is 0 Å². The molecular weight excluding hydrogens is 1290 g/mol. The molecule has 10 rings (SSSR count). The normalized spacial score (nSPS) is 16.5. The number of allylic oxidation sites excluding steroid dienone is 1. The summed E-state index contributed by atoms with van der Waals surface area (Å²) in [5, 5.41) is 5.48. The molecule has 0 spiro atoms. The van der Waals surface area contributed by atoms with Crippen LogP contribution in [0.15, 0.2) is 168 Å². The van der Waals surface area contributed by atoms with E-state index >= 15 is 0 Å². The van der Waals surface area contributed by atoms with E-state index in [4.69, 9.17) is 46.4 Å². The Morgan fingerprint density at radius 1 is 0.500 bits per heavy atom. The van der Waals surface area contributed by atoms with Gasteiger partial charge in [0.15, 0.2) is 6.23 Å². The van der Waals surface area contributed by atoms with E-state index in [-0.39, 0.29) is 59.4 Å². The molecule has 0 bridgehead atoms. The summed E-state index contributed by atoms with van der Waals surface area (Å²) in [6.07, 6.45) is 1.61. The third-order valence-corrected chi connectivity index (χ3v) is 19.3. The van der Waals surface area contributed by atoms with Crippen molar-refractivity contribution in [3.8, 4) is 0 Å². The monoisotopic (exact) mass is 1330 g/mol. The van der Waals surface area contributed by atoms with Crippen molar-refractivity contribution in [2.45, 2.75) is 54.9 Å². The van der Waals surface area contributed by atoms with Gasteiger partial charge in [-0.2, -0.15) is 56.5 Å². The predicted octanol–water partition coefficient (Wildman–Crippen LogP) is 15.2. The van der Waals surface area contributed by atoms with Gasteiger partial charge in [0.1, 0.15) is 0 Å². The van der Waals surface area contributed by atoms with E-state index in [1.165, 1.54) is 24.3 Å². The number of sulfonamides is 2. The number of H-pyrrole nitrogens is 1. The molecular formula is C58H47Cl4F9N4O8S3. The highest BCUT2D eigenvalue weighted by Gasteiger charge is 2.52. The highest BCUT2D eigenvalue weighted by Crippen LogP contribution is 2.44. The van der Waals surface area contributed by atoms with Crippen molar-refractivity contribution >= 4 is 104 Å². The van der Waals surface area contributed by atoms with Crippen molar-refractivity contribution < 1.29 is 69.0 Å². The zero-order chi connectivity index (χ0) is 61.6. The maximum atomic E-state index is 13.2. The summed E-state index contributed by atoms with van der Waals surface area (Å²) in [4.78, 5) is 15.3. The second-order valence-corrected chi connectivity index (χ2v) is 26.6. The Kier molecular flexibility index (Phi) is 19.5. The van der Waals surface area contributed by atoms with Gasteiger partial charge in [0, 0.05) is 86.3 Å². The van der Waals surface area contributed by atoms with Crippen LogP contribution in [0.3, 0.4) is 0 Å². The maximum absolute atomic E-state index is 13.2. The number of hydrogen-bond donors (Lipinski definition) is 2. The number of hydrogen-bond acceptors (Lipinski definition) is 9. The van der Waals surface area contributed by atoms with Crippen molar-refractivity contribution in [3.05, 3.63) is 238 Å². The molecule has 0 aliphatic carbocycles. The first-order valence-electron chi connectivity index (χ1n) is 25.1. The molecule has 2 N–H and O–H groups in total. The standard InChI is InChI=1S/C29H22Cl2F6N2O5S2.C28H21Cl2F3N2O3S.CH4/c30-21-6-1-18(2-7-21)27(19-3-8-22(31)9-4-19)20-5-10-25-24(15-20)23(16-26(38-25)44-46(42,43)29(35,36)37)17-11-13-39(14-12-17)45(40,41)28(32,33)34;29-21-6-1-18(2-7-21)27(19-3-8-22(30)9-4-19)20-5-10-25-24(15-20)23(16-26(36)34-25)17-11-13-35(14-12-17)39(37,38)28(31,32)33;/h1-11,15-16,26-27,38H,12-14H2;1-11,15-16,27H,12-14H2,(H,34,36);1H4. The van der Waals surface area contributed by atoms with Crippen LogP contribution in [0.5, 0.6) is 0 Å². The average Bonchev–Trinajstić information content (AvgIpc) is 0.903. The number of halogens is 13. The molecule has 0 amide bonds. The minimum Gasteiger partial charge on any atom is -0.355 e. The summed E-state index contributed by atoms with van der Waals surface area (Å²) in [5.74, 6) is -0.634. The Labute approximate surface area is 508 Å². The summed E-state index contributed by atoms with van der Waals surface area (Å²) in [6, 6.07) is 40.9. The Morgan fingerprint density at radius 3 is 1.29 bits per heavy atom. The molecule has 1 unspecified atom stereocenters. The zero-order valence-corrected chi connectivity index (χ0v) is 48.8. The molecule has 1 atom stereocenters. The number of nitrogens with zero attached hydrogens (tertiary/aromatic N) is 2. The largest absolute Gasteiger partial charge is 0.523 e. The van der Waals surface area contributed by atoms with Crippen LogP contribution in [0.4, 0.5) is 45.2 Å². The molecule has 456 valence electrons. The van der Waals surface area contributed by atoms with Crippen LogP contribution in [0.2, 0.25) is 20.1 Å². The van der Waals surface area contributed by atoms with E-state index in [0.717, 1.165) is 33.9 Å². The number of anilines is 1. The van der Waals surface area contributed by atoms with Gasteiger partial charge in [-0.25, -0.2) is 21.0 Å². The second-order valence-electron chi connectivity index (χ2n) is 19.4. The van der Waals surface area contributed by atoms with E-state index in [0.29, 0.717) is 57.6 Å². The van der Waals surface area contributed by atoms with Crippen molar-refractivity contribution in [2.75, 3.05) is 31.5 Å². The van der Waals surface area contributed by atoms with Crippen molar-refractivity contribution in [2.24, 2.45) is 0 Å². The molecule has 0 saturated carbocycles. The van der Waals surface area contributed by atoms with E-state index in [2.05, 4.69) is 14.5 Å². The second kappa shape index (κ2) is 25.5. The lowest BCUT2D eigenvalue weighted by Crippen LogP contribution is -2.43. The average molecular weight is 1340 g/mol. The number of alkyl halides is 9. The number of aromatic amines is 1. The number of pyridine rings is 1. The first-order valence-corrected chi connectivity index (χ1v) is 30.9. The van der Waals surface area contributed by atoms with Gasteiger partial charge < -0.3 is 10.3 Å². The summed E-state index contributed by atoms with van der Waals surface area (Å²) in [6.45, 7) is -2.05. The third kappa shape index (κ3) is 14.2. The van der Waals surface area contributed by atoms with Crippen molar-refractivity contribution in [3.63, 3.8) is 0 Å². The van der Waals surface area contributed by atoms with Gasteiger partial charge in [-0.15, -0.1) is 0 Å². The fourth-order valence-corrected chi connectivity index (χ4v) is 12.8. The first kappa shape index (κ1) is 65.8. The molecule has 1 aromatic heterocycles. The minimum atomic E-state index is -6.06. The molecule has 0 fully saturated rings. The van der Waals surface area contributed by atoms with Crippen molar-refractivity contribution in [1.82, 2.24) is 13.6 Å². The Balaban J connectivity index is 0.000000224. The summed E-state index contributed by atoms with van der Waals surface area (Å²) in [7, 11) is -17.1. The van der Waals surface area contributed by atoms with Gasteiger partial charge in [-0.1, -0.05) is 127 Å². The molecule has 4 heterocycles. The molecule has 12 nitrogen and oxygen atoms in total. The summed E-state index contributed by atoms with van der Waals surface area (Å²) >= 11 is 24.5. The fraction of sp³-hybridized carbons (Fsp3) is 0.224. The van der Waals surface area contributed by atoms with Gasteiger partial charge in [-0.05, 0) is 147 Å². The van der Waals surface area contributed by atoms with Gasteiger partial charge in [0.2, 0.25) is 5.56 Å². The molecule has 86 heavy (non-hydrogen) atoms. The topological polar surface area (TPSA) is 163 Å². The molecule has 28 heteroatoms. The molecule has 0 radical (unpaired) electrons. The lowest BCUT2D eigenvalue weighted by Gasteiger charge is -2.32. The number of aromatic nitrogens is 1. The molecule has 0 saturated heterocycles. The van der Waals surface area contributed by atoms with Crippen LogP contribution < -0.4 is 10.9 Å². The van der Waals surface area contributed by atoms with Crippen LogP contribution >= 0.6 is 46.4 Å². The van der Waals surface area contributed by atoms with Crippen LogP contribution in [0, 0.1) is 0 Å². The van der Waals surface area contributed by atoms with Gasteiger partial charge in [-0.3, -0.25) is 4.79 Å². The zero-order valence-electron chi connectivity index (χ0n) is 43.3. The lowest BCUT2D eigenvalue weighted by atomic mass is 9.82. The van der Waals surface area contributed by atoms with Gasteiger partial charge in [0.25, 0.3) is 0 Å². The SMILES string of the molecule is C.O=S(=O)(OC1C=C(C2=CCN(S(=O)(=O)C(F)(F)F)CC2)c2cc(C(c3ccc(Cl)cc3)c3ccc(Cl)cc3)ccc2N1)C(F)(F)F.O=c1cc(C2=CCN(S(=O)(=O)C(F)(F)F)CC2)c2cc(C(c3ccc(Cl)cc3)c3ccc(Cl)cc3)ccc2[nH]1. The summed E-state index contributed by atoms with van der Waals surface area (Å²) < 4.78 is 194. The minimum absolute atomic E-state index is 0. The van der Waals surface area contributed by atoms with Crippen LogP contribution in [0.25, 0.3) is 22.0 Å². The third-order valence-electron chi connectivity index (χ3n) is 14.1. The summed E-state index contributed by atoms with van der Waals surface area (Å²) in [5.41, 5.74) is -9.19. The van der Waals surface area contributed by atoms with Gasteiger partial charge in [0.05, 0.1) is 0 Å². The fourth-order valence-electron chi connectivity index (χ4n) is 10.1. The molecule has 7 aromatic rings. The predicted molar refractivity (Wildman–Crippen MR) is 315 cm³/mol. The molecule has 6 aromatic carbocycles. The smallest absolute Gasteiger partial charge is 0.355 e. The van der Waals surface area contributed by atoms with Crippen LogP contribution in [0.1, 0.15) is 76.6 Å². The molecule has 3 aliphatic heterocycles. The Bertz CT molecular complexity index is 4100. The lowest BCUT2D eigenvalue weighted by molar-refractivity contribution is -0.0554. The quantitative estimate of drug-likeness (QED) is 0.0525. The maximum Gasteiger partial charge on any atom is 0.523 e. The highest BCUT2D eigenvalue weighted by molar-refractivity contribution is 7.90. The van der Waals surface area contributed by atoms with E-state index < -0.39 is 78.5 Å². The van der Waals surface area contributed by atoms with E-state index in [9.17, 15) is 69.6 Å². The number of rotatable bonds is 12. The highest BCUT2D eigenvalue weighted by atomic mass is 35.5. The Morgan fingerprint density at radius 2 is 0.895 bits per heavy atom. The number of nitrogens with one attached hydrogen (secondary N) is 2. The van der Waals surface area contributed by atoms with Crippen LogP contribution in [-0.4, -0.2) is 87.8 Å². The number of benzene rings is 6. The molecule has 3 aliphatic rings. The van der Waals surface area contributed by atoms with Gasteiger partial charge >= 0.3 is 46.7 Å². The Hall–Kier alpha value is -6.19. The van der Waals surface area contributed by atoms with E-state index in [1.54, 1.807) is 91.0 Å². The number of fused-ring (bicyclic) bond motifs is 2. The van der Waals surface area contributed by atoms with E-state index in [1.807, 2.05) is 36.4 Å². The van der Waals surface area contributed by atoms with Crippen LogP contribution in [-0.2, 0) is 34.3 Å².